The Kier molecular flexibility index (Phi) is 9.65. The number of hydrogen-bond donors (Lipinski definition) is 3. The Morgan fingerprint density at radius 1 is 1.15 bits per heavy atom. The highest BCUT2D eigenvalue weighted by Crippen LogP contribution is 2.58. The standard InChI is InChI=1S/C30H50O4/c1-6-14-30(33,15-7-2)17-18-34-22(4)26-12-13-27-23(9-8-16-29(26,27)5)10-11-24-19-25(31)20-28(32)21(24)3/h10-11,22,25-28,31-33H,3,6-9,12-20H2,1-2,4-5H3/b23-10+,24-11-/t22-,25+,26+,27-,28-,29+/m0/s1. The maximum Gasteiger partial charge on any atom is 0.0811 e. The van der Waals surface area contributed by atoms with E-state index in [4.69, 9.17) is 4.74 Å². The van der Waals surface area contributed by atoms with E-state index in [0.717, 1.165) is 49.7 Å². The molecule has 0 aromatic rings. The van der Waals surface area contributed by atoms with Gasteiger partial charge in [-0.2, -0.15) is 0 Å². The molecule has 0 aromatic heterocycles. The van der Waals surface area contributed by atoms with Gasteiger partial charge >= 0.3 is 0 Å². The van der Waals surface area contributed by atoms with Crippen LogP contribution in [-0.2, 0) is 4.74 Å². The lowest BCUT2D eigenvalue weighted by molar-refractivity contribution is -0.0589. The second-order valence-electron chi connectivity index (χ2n) is 11.7. The van der Waals surface area contributed by atoms with E-state index in [0.29, 0.717) is 31.3 Å². The zero-order valence-electron chi connectivity index (χ0n) is 22.2. The van der Waals surface area contributed by atoms with Crippen LogP contribution in [0.5, 0.6) is 0 Å². The summed E-state index contributed by atoms with van der Waals surface area (Å²) in [6, 6.07) is 0. The van der Waals surface area contributed by atoms with Gasteiger partial charge in [-0.25, -0.2) is 0 Å². The van der Waals surface area contributed by atoms with Gasteiger partial charge in [0.1, 0.15) is 0 Å². The molecule has 4 heteroatoms. The first-order valence-electron chi connectivity index (χ1n) is 13.9. The van der Waals surface area contributed by atoms with Crippen LogP contribution < -0.4 is 0 Å². The van der Waals surface area contributed by atoms with E-state index in [9.17, 15) is 15.3 Å². The molecule has 0 radical (unpaired) electrons. The molecule has 3 N–H and O–H groups in total. The first-order chi connectivity index (χ1) is 16.1. The van der Waals surface area contributed by atoms with Crippen LogP contribution in [0.3, 0.4) is 0 Å². The highest BCUT2D eigenvalue weighted by molar-refractivity contribution is 5.38. The first-order valence-corrected chi connectivity index (χ1v) is 13.9. The molecule has 3 aliphatic rings. The molecule has 0 saturated heterocycles. The van der Waals surface area contributed by atoms with Crippen molar-refractivity contribution >= 4 is 0 Å². The van der Waals surface area contributed by atoms with Gasteiger partial charge in [-0.05, 0) is 93.1 Å². The van der Waals surface area contributed by atoms with E-state index in [1.165, 1.54) is 31.3 Å². The molecular formula is C30H50O4. The van der Waals surface area contributed by atoms with Crippen molar-refractivity contribution in [1.82, 2.24) is 0 Å². The third-order valence-electron chi connectivity index (χ3n) is 9.25. The van der Waals surface area contributed by atoms with Crippen molar-refractivity contribution in [2.24, 2.45) is 17.3 Å². The maximum atomic E-state index is 10.9. The van der Waals surface area contributed by atoms with Crippen molar-refractivity contribution in [3.8, 4) is 0 Å². The molecule has 0 aromatic carbocycles. The van der Waals surface area contributed by atoms with Gasteiger partial charge in [0.05, 0.1) is 23.9 Å². The normalized spacial score (nSPS) is 35.7. The second-order valence-corrected chi connectivity index (χ2v) is 11.7. The maximum absolute atomic E-state index is 10.9. The summed E-state index contributed by atoms with van der Waals surface area (Å²) in [7, 11) is 0. The van der Waals surface area contributed by atoms with Gasteiger partial charge in [0.2, 0.25) is 0 Å². The number of allylic oxidation sites excluding steroid dienone is 3. The smallest absolute Gasteiger partial charge is 0.0811 e. The van der Waals surface area contributed by atoms with Crippen molar-refractivity contribution in [3.63, 3.8) is 0 Å². The summed E-state index contributed by atoms with van der Waals surface area (Å²) in [4.78, 5) is 0. The Balaban J connectivity index is 1.65. The molecule has 6 atom stereocenters. The number of hydrogen-bond acceptors (Lipinski definition) is 4. The lowest BCUT2D eigenvalue weighted by Crippen LogP contribution is -2.39. The van der Waals surface area contributed by atoms with Crippen LogP contribution in [0.2, 0.25) is 0 Å². The van der Waals surface area contributed by atoms with Crippen molar-refractivity contribution in [2.45, 2.75) is 129 Å². The largest absolute Gasteiger partial charge is 0.393 e. The molecule has 0 unspecified atom stereocenters. The number of fused-ring (bicyclic) bond motifs is 1. The van der Waals surface area contributed by atoms with Crippen LogP contribution >= 0.6 is 0 Å². The molecule has 3 aliphatic carbocycles. The van der Waals surface area contributed by atoms with Gasteiger partial charge in [-0.15, -0.1) is 0 Å². The molecule has 4 nitrogen and oxygen atoms in total. The molecule has 3 fully saturated rings. The summed E-state index contributed by atoms with van der Waals surface area (Å²) in [5, 5.41) is 31.2. The van der Waals surface area contributed by atoms with E-state index in [1.807, 2.05) is 0 Å². The quantitative estimate of drug-likeness (QED) is 0.350. The highest BCUT2D eigenvalue weighted by Gasteiger charge is 2.51. The lowest BCUT2D eigenvalue weighted by Gasteiger charge is -2.44. The van der Waals surface area contributed by atoms with Crippen molar-refractivity contribution in [2.75, 3.05) is 6.61 Å². The summed E-state index contributed by atoms with van der Waals surface area (Å²) in [5.41, 5.74) is 2.93. The molecule has 3 rings (SSSR count). The van der Waals surface area contributed by atoms with Crippen LogP contribution in [0.1, 0.15) is 105 Å². The van der Waals surface area contributed by atoms with Crippen LogP contribution in [0.4, 0.5) is 0 Å². The van der Waals surface area contributed by atoms with E-state index < -0.39 is 17.8 Å². The molecule has 34 heavy (non-hydrogen) atoms. The molecule has 0 amide bonds. The Morgan fingerprint density at radius 2 is 1.85 bits per heavy atom. The summed E-state index contributed by atoms with van der Waals surface area (Å²) < 4.78 is 6.40. The van der Waals surface area contributed by atoms with Crippen molar-refractivity contribution in [1.29, 1.82) is 0 Å². The summed E-state index contributed by atoms with van der Waals surface area (Å²) in [6.45, 7) is 13.7. The van der Waals surface area contributed by atoms with E-state index >= 15 is 0 Å². The third kappa shape index (κ3) is 6.24. The average Bonchev–Trinajstić information content (AvgIpc) is 3.13. The molecule has 0 spiro atoms. The number of rotatable bonds is 10. The third-order valence-corrected chi connectivity index (χ3v) is 9.25. The molecule has 0 bridgehead atoms. The SMILES string of the molecule is C=C1/C(=C\C=C2/CCC[C@]3(C)[C@@H]([C@H](C)OCCC(O)(CCC)CCC)CC[C@@H]23)C[C@@H](O)C[C@@H]1O. The second kappa shape index (κ2) is 11.9. The van der Waals surface area contributed by atoms with Crippen molar-refractivity contribution in [3.05, 3.63) is 35.5 Å². The molecule has 3 saturated carbocycles. The predicted molar refractivity (Wildman–Crippen MR) is 140 cm³/mol. The zero-order valence-corrected chi connectivity index (χ0v) is 22.2. The van der Waals surface area contributed by atoms with Gasteiger partial charge in [-0.3, -0.25) is 0 Å². The lowest BCUT2D eigenvalue weighted by atomic mass is 9.62. The van der Waals surface area contributed by atoms with E-state index in [2.05, 4.69) is 46.4 Å². The fourth-order valence-corrected chi connectivity index (χ4v) is 7.37. The van der Waals surface area contributed by atoms with E-state index in [1.54, 1.807) is 0 Å². The highest BCUT2D eigenvalue weighted by atomic mass is 16.5. The fourth-order valence-electron chi connectivity index (χ4n) is 7.37. The van der Waals surface area contributed by atoms with Crippen LogP contribution in [0.15, 0.2) is 35.5 Å². The van der Waals surface area contributed by atoms with Gasteiger partial charge in [0.15, 0.2) is 0 Å². The van der Waals surface area contributed by atoms with Gasteiger partial charge in [0.25, 0.3) is 0 Å². The van der Waals surface area contributed by atoms with Crippen LogP contribution in [0.25, 0.3) is 0 Å². The number of ether oxygens (including phenoxy) is 1. The fraction of sp³-hybridized carbons (Fsp3) is 0.800. The molecule has 0 heterocycles. The van der Waals surface area contributed by atoms with Gasteiger partial charge in [0, 0.05) is 13.0 Å². The Bertz CT molecular complexity index is 747. The topological polar surface area (TPSA) is 69.9 Å². The zero-order chi connectivity index (χ0) is 24.9. The van der Waals surface area contributed by atoms with Crippen LogP contribution in [-0.4, -0.2) is 45.8 Å². The molecule has 0 aliphatic heterocycles. The van der Waals surface area contributed by atoms with Gasteiger partial charge < -0.3 is 20.1 Å². The summed E-state index contributed by atoms with van der Waals surface area (Å²) in [5.74, 6) is 1.10. The number of aliphatic hydroxyl groups excluding tert-OH is 2. The molecular weight excluding hydrogens is 424 g/mol. The van der Waals surface area contributed by atoms with Gasteiger partial charge in [-0.1, -0.05) is 57.9 Å². The average molecular weight is 475 g/mol. The van der Waals surface area contributed by atoms with Crippen LogP contribution in [0, 0.1) is 17.3 Å². The summed E-state index contributed by atoms with van der Waals surface area (Å²) in [6.07, 6.45) is 14.8. The molecule has 194 valence electrons. The van der Waals surface area contributed by atoms with Crippen molar-refractivity contribution < 1.29 is 20.1 Å². The minimum atomic E-state index is -0.633. The Hall–Kier alpha value is -0.940. The Morgan fingerprint density at radius 3 is 2.53 bits per heavy atom. The Labute approximate surface area is 208 Å². The van der Waals surface area contributed by atoms with E-state index in [-0.39, 0.29) is 11.5 Å². The predicted octanol–water partition coefficient (Wildman–Crippen LogP) is 6.25. The summed E-state index contributed by atoms with van der Waals surface area (Å²) >= 11 is 0. The minimum absolute atomic E-state index is 0.198. The minimum Gasteiger partial charge on any atom is -0.393 e. The first kappa shape index (κ1) is 27.6. The number of aliphatic hydroxyl groups is 3. The monoisotopic (exact) mass is 474 g/mol.